The monoisotopic (exact) mass is 1100 g/mol. The predicted molar refractivity (Wildman–Crippen MR) is 339 cm³/mol. The van der Waals surface area contributed by atoms with Crippen molar-refractivity contribution in [2.45, 2.75) is 393 Å². The molecule has 6 heteroatoms. The lowest BCUT2D eigenvalue weighted by atomic mass is 10.0. The van der Waals surface area contributed by atoms with Gasteiger partial charge in [0.15, 0.2) is 6.10 Å². The zero-order valence-electron chi connectivity index (χ0n) is 52.7. The Bertz CT molecular complexity index is 1300. The highest BCUT2D eigenvalue weighted by atomic mass is 16.6. The Morgan fingerprint density at radius 2 is 0.462 bits per heavy atom. The predicted octanol–water partition coefficient (Wildman–Crippen LogP) is 23.9. The minimum Gasteiger partial charge on any atom is -0.462 e. The van der Waals surface area contributed by atoms with E-state index in [0.717, 1.165) is 70.6 Å². The van der Waals surface area contributed by atoms with Crippen molar-refractivity contribution in [3.05, 3.63) is 36.5 Å². The van der Waals surface area contributed by atoms with Crippen LogP contribution in [0, 0.1) is 0 Å². The molecule has 0 aliphatic rings. The number of rotatable bonds is 65. The van der Waals surface area contributed by atoms with Gasteiger partial charge in [-0.3, -0.25) is 14.4 Å². The Morgan fingerprint density at radius 1 is 0.256 bits per heavy atom. The van der Waals surface area contributed by atoms with Crippen molar-refractivity contribution in [2.24, 2.45) is 0 Å². The molecule has 0 saturated carbocycles. The van der Waals surface area contributed by atoms with Gasteiger partial charge in [0.05, 0.1) is 0 Å². The van der Waals surface area contributed by atoms with Crippen LogP contribution in [0.1, 0.15) is 387 Å². The van der Waals surface area contributed by atoms with E-state index in [1.807, 2.05) is 0 Å². The maximum absolute atomic E-state index is 12.9. The van der Waals surface area contributed by atoms with E-state index >= 15 is 0 Å². The van der Waals surface area contributed by atoms with Crippen LogP contribution in [0.25, 0.3) is 0 Å². The summed E-state index contributed by atoms with van der Waals surface area (Å²) in [5, 5.41) is 0. The number of allylic oxidation sites excluding steroid dienone is 6. The van der Waals surface area contributed by atoms with Gasteiger partial charge in [0.2, 0.25) is 0 Å². The maximum atomic E-state index is 12.9. The molecule has 78 heavy (non-hydrogen) atoms. The van der Waals surface area contributed by atoms with Gasteiger partial charge >= 0.3 is 17.9 Å². The number of hydrogen-bond acceptors (Lipinski definition) is 6. The first-order valence-electron chi connectivity index (χ1n) is 35.0. The Balaban J connectivity index is 4.25. The van der Waals surface area contributed by atoms with Crippen molar-refractivity contribution < 1.29 is 28.6 Å². The summed E-state index contributed by atoms with van der Waals surface area (Å²) in [4.78, 5) is 38.4. The third-order valence-corrected chi connectivity index (χ3v) is 15.9. The molecule has 0 radical (unpaired) electrons. The van der Waals surface area contributed by atoms with Gasteiger partial charge in [-0.1, -0.05) is 346 Å². The van der Waals surface area contributed by atoms with E-state index < -0.39 is 6.10 Å². The summed E-state index contributed by atoms with van der Waals surface area (Å²) in [7, 11) is 0. The molecular weight excluding hydrogens is 961 g/mol. The van der Waals surface area contributed by atoms with E-state index in [2.05, 4.69) is 57.2 Å². The highest BCUT2D eigenvalue weighted by Gasteiger charge is 2.19. The largest absolute Gasteiger partial charge is 0.462 e. The fraction of sp³-hybridized carbons (Fsp3) is 0.875. The molecule has 1 atom stereocenters. The van der Waals surface area contributed by atoms with Crippen LogP contribution in [-0.2, 0) is 28.6 Å². The summed E-state index contributed by atoms with van der Waals surface area (Å²) in [5.41, 5.74) is 0. The highest BCUT2D eigenvalue weighted by Crippen LogP contribution is 2.18. The standard InChI is InChI=1S/C72H134O6/c1-4-7-10-13-16-19-22-25-27-29-31-33-35-36-37-39-40-42-44-47-50-53-56-59-62-65-71(74)77-68-69(67-76-70(73)64-61-58-55-52-49-46-24-21-18-15-12-9-6-3)78-72(75)66-63-60-57-54-51-48-45-43-41-38-34-32-30-28-26-23-20-17-14-11-8-5-2/h22,25,29,31,35-36,69H,4-21,23-24,26-28,30,32-34,37-68H2,1-3H3/b25-22-,31-29-,36-35-. The zero-order chi connectivity index (χ0) is 56.4. The Hall–Kier alpha value is -2.37. The molecule has 0 rings (SSSR count). The SMILES string of the molecule is CCCCCCC/C=C\C/C=C\C/C=C\CCCCCCCCCCCCC(=O)OCC(COC(=O)CCCCCCCCCCCCCCC)OC(=O)CCCCCCCCCCCCCCCCCCCCCCCC. The Morgan fingerprint density at radius 3 is 0.718 bits per heavy atom. The Labute approximate surface area is 486 Å². The van der Waals surface area contributed by atoms with E-state index in [1.165, 1.54) is 276 Å². The lowest BCUT2D eigenvalue weighted by Crippen LogP contribution is -2.30. The molecule has 0 fully saturated rings. The fourth-order valence-corrected chi connectivity index (χ4v) is 10.6. The minimum absolute atomic E-state index is 0.0671. The van der Waals surface area contributed by atoms with Crippen LogP contribution in [0.4, 0.5) is 0 Å². The first-order chi connectivity index (χ1) is 38.5. The van der Waals surface area contributed by atoms with Crippen molar-refractivity contribution in [1.29, 1.82) is 0 Å². The van der Waals surface area contributed by atoms with Gasteiger partial charge in [-0.15, -0.1) is 0 Å². The molecule has 0 aromatic heterocycles. The maximum Gasteiger partial charge on any atom is 0.306 e. The van der Waals surface area contributed by atoms with Crippen molar-refractivity contribution in [2.75, 3.05) is 13.2 Å². The first kappa shape index (κ1) is 75.6. The van der Waals surface area contributed by atoms with Crippen LogP contribution >= 0.6 is 0 Å². The molecule has 0 N–H and O–H groups in total. The molecule has 0 aliphatic carbocycles. The normalized spacial score (nSPS) is 12.2. The van der Waals surface area contributed by atoms with E-state index in [0.29, 0.717) is 19.3 Å². The molecule has 0 aliphatic heterocycles. The molecule has 0 amide bonds. The van der Waals surface area contributed by atoms with Gasteiger partial charge in [0.1, 0.15) is 13.2 Å². The summed E-state index contributed by atoms with van der Waals surface area (Å²) in [6, 6.07) is 0. The topological polar surface area (TPSA) is 78.9 Å². The average molecular weight is 1100 g/mol. The lowest BCUT2D eigenvalue weighted by Gasteiger charge is -2.18. The minimum atomic E-state index is -0.771. The third-order valence-electron chi connectivity index (χ3n) is 15.9. The second-order valence-electron chi connectivity index (χ2n) is 23.8. The summed E-state index contributed by atoms with van der Waals surface area (Å²) in [5.74, 6) is -0.841. The highest BCUT2D eigenvalue weighted by molar-refractivity contribution is 5.71. The van der Waals surface area contributed by atoms with Crippen molar-refractivity contribution in [3.63, 3.8) is 0 Å². The van der Waals surface area contributed by atoms with E-state index in [9.17, 15) is 14.4 Å². The molecule has 6 nitrogen and oxygen atoms in total. The summed E-state index contributed by atoms with van der Waals surface area (Å²) < 4.78 is 17.0. The van der Waals surface area contributed by atoms with Crippen molar-refractivity contribution >= 4 is 17.9 Å². The van der Waals surface area contributed by atoms with Gasteiger partial charge in [0, 0.05) is 19.3 Å². The van der Waals surface area contributed by atoms with Gasteiger partial charge in [-0.2, -0.15) is 0 Å². The average Bonchev–Trinajstić information content (AvgIpc) is 3.44. The lowest BCUT2D eigenvalue weighted by molar-refractivity contribution is -0.167. The molecule has 0 aromatic carbocycles. The molecule has 0 bridgehead atoms. The fourth-order valence-electron chi connectivity index (χ4n) is 10.6. The summed E-state index contributed by atoms with van der Waals surface area (Å²) in [6.07, 6.45) is 83.1. The summed E-state index contributed by atoms with van der Waals surface area (Å²) >= 11 is 0. The number of ether oxygens (including phenoxy) is 3. The molecule has 0 aromatic rings. The van der Waals surface area contributed by atoms with Crippen LogP contribution in [0.15, 0.2) is 36.5 Å². The number of hydrogen-bond donors (Lipinski definition) is 0. The van der Waals surface area contributed by atoms with Gasteiger partial charge < -0.3 is 14.2 Å². The smallest absolute Gasteiger partial charge is 0.306 e. The van der Waals surface area contributed by atoms with Crippen LogP contribution < -0.4 is 0 Å². The summed E-state index contributed by atoms with van der Waals surface area (Å²) in [6.45, 7) is 6.70. The van der Waals surface area contributed by atoms with Gasteiger partial charge in [0.25, 0.3) is 0 Å². The quantitative estimate of drug-likeness (QED) is 0.0261. The van der Waals surface area contributed by atoms with Gasteiger partial charge in [-0.25, -0.2) is 0 Å². The number of carbonyl (C=O) groups is 3. The van der Waals surface area contributed by atoms with E-state index in [-0.39, 0.29) is 31.1 Å². The van der Waals surface area contributed by atoms with E-state index in [4.69, 9.17) is 14.2 Å². The number of carbonyl (C=O) groups excluding carboxylic acids is 3. The molecule has 0 spiro atoms. The molecular formula is C72H134O6. The second kappa shape index (κ2) is 67.1. The zero-order valence-corrected chi connectivity index (χ0v) is 52.7. The van der Waals surface area contributed by atoms with Crippen LogP contribution in [-0.4, -0.2) is 37.2 Å². The van der Waals surface area contributed by atoms with E-state index in [1.54, 1.807) is 0 Å². The first-order valence-corrected chi connectivity index (χ1v) is 35.0. The Kier molecular flexibility index (Phi) is 65.1. The third kappa shape index (κ3) is 64.5. The van der Waals surface area contributed by atoms with Gasteiger partial charge in [-0.05, 0) is 57.8 Å². The number of unbranched alkanes of at least 4 members (excludes halogenated alkanes) is 48. The van der Waals surface area contributed by atoms with Crippen LogP contribution in [0.2, 0.25) is 0 Å². The van der Waals surface area contributed by atoms with Crippen LogP contribution in [0.3, 0.4) is 0 Å². The van der Waals surface area contributed by atoms with Crippen molar-refractivity contribution in [1.82, 2.24) is 0 Å². The molecule has 458 valence electrons. The van der Waals surface area contributed by atoms with Crippen LogP contribution in [0.5, 0.6) is 0 Å². The molecule has 0 saturated heterocycles. The van der Waals surface area contributed by atoms with Crippen molar-refractivity contribution in [3.8, 4) is 0 Å². The molecule has 0 heterocycles. The second-order valence-corrected chi connectivity index (χ2v) is 23.8. The molecule has 1 unspecified atom stereocenters. The number of esters is 3.